The molecule has 0 aliphatic heterocycles. The zero-order chi connectivity index (χ0) is 19.8. The van der Waals surface area contributed by atoms with E-state index in [1.165, 1.54) is 0 Å². The van der Waals surface area contributed by atoms with Crippen molar-refractivity contribution in [1.82, 2.24) is 25.1 Å². The van der Waals surface area contributed by atoms with E-state index in [1.54, 1.807) is 19.0 Å². The lowest BCUT2D eigenvalue weighted by molar-refractivity contribution is -0.127. The number of amides is 1. The molecule has 2 aromatic rings. The van der Waals surface area contributed by atoms with Crippen LogP contribution in [0.2, 0.25) is 0 Å². The lowest BCUT2D eigenvalue weighted by Crippen LogP contribution is -2.43. The van der Waals surface area contributed by atoms with Crippen molar-refractivity contribution in [2.24, 2.45) is 4.99 Å². The molecule has 0 spiro atoms. The Morgan fingerprint density at radius 2 is 1.93 bits per heavy atom. The van der Waals surface area contributed by atoms with Crippen LogP contribution in [0.3, 0.4) is 0 Å². The molecule has 0 fully saturated rings. The molecule has 154 valence electrons. The molecule has 0 bridgehead atoms. The van der Waals surface area contributed by atoms with E-state index in [0.717, 1.165) is 23.5 Å². The molecule has 2 rings (SSSR count). The summed E-state index contributed by atoms with van der Waals surface area (Å²) in [6, 6.07) is 10.4. The number of guanidine groups is 1. The number of aliphatic imine (C=N–C) groups is 1. The summed E-state index contributed by atoms with van der Waals surface area (Å²) in [5, 5.41) is 3.38. The molecule has 0 saturated heterocycles. The minimum Gasteiger partial charge on any atom is -0.354 e. The summed E-state index contributed by atoms with van der Waals surface area (Å²) in [5.41, 5.74) is 2.08. The average Bonchev–Trinajstić information content (AvgIpc) is 3.13. The summed E-state index contributed by atoms with van der Waals surface area (Å²) in [6.07, 6.45) is 2.81. The van der Waals surface area contributed by atoms with Gasteiger partial charge in [0.05, 0.1) is 18.4 Å². The first kappa shape index (κ1) is 23.9. The highest BCUT2D eigenvalue weighted by Crippen LogP contribution is 2.16. The van der Waals surface area contributed by atoms with Crippen LogP contribution in [0.4, 0.5) is 0 Å². The van der Waals surface area contributed by atoms with Gasteiger partial charge in [0.1, 0.15) is 12.4 Å². The fraction of sp³-hybridized carbons (Fsp3) is 0.450. The van der Waals surface area contributed by atoms with Crippen molar-refractivity contribution in [3.63, 3.8) is 0 Å². The SMILES string of the molecule is CCC(C)NC(=NCC(=O)N(C)C)N(C)Cc1ncc(-c2ccccc2)[nH]1.I. The van der Waals surface area contributed by atoms with E-state index in [2.05, 4.69) is 34.1 Å². The van der Waals surface area contributed by atoms with Gasteiger partial charge in [-0.1, -0.05) is 37.3 Å². The van der Waals surface area contributed by atoms with Gasteiger partial charge in [-0.15, -0.1) is 24.0 Å². The van der Waals surface area contributed by atoms with Crippen molar-refractivity contribution >= 4 is 35.8 Å². The van der Waals surface area contributed by atoms with Crippen LogP contribution in [0, 0.1) is 0 Å². The van der Waals surface area contributed by atoms with Gasteiger partial charge in [0, 0.05) is 27.2 Å². The van der Waals surface area contributed by atoms with Crippen molar-refractivity contribution in [2.75, 3.05) is 27.7 Å². The number of likely N-dealkylation sites (N-methyl/N-ethyl adjacent to an activating group) is 1. The first-order valence-electron chi connectivity index (χ1n) is 9.22. The molecule has 1 atom stereocenters. The van der Waals surface area contributed by atoms with Crippen LogP contribution < -0.4 is 5.32 Å². The first-order chi connectivity index (χ1) is 12.9. The van der Waals surface area contributed by atoms with Gasteiger partial charge >= 0.3 is 0 Å². The molecule has 8 heteroatoms. The van der Waals surface area contributed by atoms with Crippen LogP contribution in [0.5, 0.6) is 0 Å². The predicted octanol–water partition coefficient (Wildman–Crippen LogP) is 2.96. The van der Waals surface area contributed by atoms with Gasteiger partial charge in [0.15, 0.2) is 5.96 Å². The number of nitrogens with one attached hydrogen (secondary N) is 2. The number of benzene rings is 1. The number of hydrogen-bond acceptors (Lipinski definition) is 3. The number of imidazole rings is 1. The summed E-state index contributed by atoms with van der Waals surface area (Å²) >= 11 is 0. The summed E-state index contributed by atoms with van der Waals surface area (Å²) in [6.45, 7) is 4.88. The minimum absolute atomic E-state index is 0. The maximum absolute atomic E-state index is 11.9. The molecular weight excluding hydrogens is 467 g/mol. The monoisotopic (exact) mass is 498 g/mol. The minimum atomic E-state index is -0.0313. The third-order valence-electron chi connectivity index (χ3n) is 4.31. The van der Waals surface area contributed by atoms with Crippen LogP contribution >= 0.6 is 24.0 Å². The summed E-state index contributed by atoms with van der Waals surface area (Å²) in [4.78, 5) is 27.7. The Morgan fingerprint density at radius 1 is 1.25 bits per heavy atom. The highest BCUT2D eigenvalue weighted by Gasteiger charge is 2.13. The quantitative estimate of drug-likeness (QED) is 0.350. The highest BCUT2D eigenvalue weighted by molar-refractivity contribution is 14.0. The van der Waals surface area contributed by atoms with Crippen molar-refractivity contribution in [1.29, 1.82) is 0 Å². The topological polar surface area (TPSA) is 76.6 Å². The lowest BCUT2D eigenvalue weighted by Gasteiger charge is -2.24. The summed E-state index contributed by atoms with van der Waals surface area (Å²) in [5.74, 6) is 1.50. The van der Waals surface area contributed by atoms with Crippen molar-refractivity contribution in [3.8, 4) is 11.3 Å². The number of halogens is 1. The molecule has 2 N–H and O–H groups in total. The number of carbonyl (C=O) groups excluding carboxylic acids is 1. The van der Waals surface area contributed by atoms with E-state index in [9.17, 15) is 4.79 Å². The maximum Gasteiger partial charge on any atom is 0.243 e. The molecule has 0 radical (unpaired) electrons. The third kappa shape index (κ3) is 7.14. The van der Waals surface area contributed by atoms with Crippen LogP contribution in [0.25, 0.3) is 11.3 Å². The smallest absolute Gasteiger partial charge is 0.243 e. The Hall–Kier alpha value is -2.10. The van der Waals surface area contributed by atoms with E-state index in [4.69, 9.17) is 0 Å². The second-order valence-electron chi connectivity index (χ2n) is 6.85. The number of aromatic nitrogens is 2. The molecule has 28 heavy (non-hydrogen) atoms. The van der Waals surface area contributed by atoms with Crippen molar-refractivity contribution in [2.45, 2.75) is 32.9 Å². The lowest BCUT2D eigenvalue weighted by atomic mass is 10.2. The second kappa shape index (κ2) is 11.7. The molecular formula is C20H31IN6O. The number of hydrogen-bond donors (Lipinski definition) is 2. The zero-order valence-corrected chi connectivity index (χ0v) is 19.6. The standard InChI is InChI=1S/C20H30N6O.HI/c1-6-15(2)23-20(22-13-19(27)25(3)4)26(5)14-18-21-12-17(24-18)16-10-8-7-9-11-16;/h7-12,15H,6,13-14H2,1-5H3,(H,21,24)(H,22,23);1H. The average molecular weight is 498 g/mol. The van der Waals surface area contributed by atoms with Gasteiger partial charge in [0.2, 0.25) is 5.91 Å². The Labute approximate surface area is 184 Å². The molecule has 1 heterocycles. The number of nitrogens with zero attached hydrogens (tertiary/aromatic N) is 4. The van der Waals surface area contributed by atoms with Crippen molar-refractivity contribution < 1.29 is 4.79 Å². The highest BCUT2D eigenvalue weighted by atomic mass is 127. The number of rotatable bonds is 7. The van der Waals surface area contributed by atoms with Gasteiger partial charge in [0.25, 0.3) is 0 Å². The van der Waals surface area contributed by atoms with Crippen LogP contribution in [-0.4, -0.2) is 65.4 Å². The second-order valence-corrected chi connectivity index (χ2v) is 6.85. The van der Waals surface area contributed by atoms with Crippen LogP contribution in [-0.2, 0) is 11.3 Å². The fourth-order valence-corrected chi connectivity index (χ4v) is 2.39. The molecule has 0 aliphatic carbocycles. The maximum atomic E-state index is 11.9. The molecule has 1 amide bonds. The van der Waals surface area contributed by atoms with Crippen molar-refractivity contribution in [3.05, 3.63) is 42.4 Å². The van der Waals surface area contributed by atoms with Gasteiger partial charge < -0.3 is 20.1 Å². The zero-order valence-electron chi connectivity index (χ0n) is 17.3. The van der Waals surface area contributed by atoms with Crippen LogP contribution in [0.15, 0.2) is 41.5 Å². The molecule has 0 saturated carbocycles. The first-order valence-corrected chi connectivity index (χ1v) is 9.22. The van der Waals surface area contributed by atoms with Gasteiger partial charge in [-0.3, -0.25) is 4.79 Å². The Bertz CT molecular complexity index is 759. The summed E-state index contributed by atoms with van der Waals surface area (Å²) < 4.78 is 0. The molecule has 7 nitrogen and oxygen atoms in total. The van der Waals surface area contributed by atoms with E-state index >= 15 is 0 Å². The molecule has 1 aromatic carbocycles. The van der Waals surface area contributed by atoms with E-state index in [0.29, 0.717) is 12.5 Å². The normalized spacial score (nSPS) is 12.1. The van der Waals surface area contributed by atoms with E-state index < -0.39 is 0 Å². The fourth-order valence-electron chi connectivity index (χ4n) is 2.39. The predicted molar refractivity (Wildman–Crippen MR) is 125 cm³/mol. The van der Waals surface area contributed by atoms with Gasteiger partial charge in [-0.2, -0.15) is 0 Å². The number of carbonyl (C=O) groups is 1. The third-order valence-corrected chi connectivity index (χ3v) is 4.31. The van der Waals surface area contributed by atoms with Gasteiger partial charge in [-0.05, 0) is 18.9 Å². The largest absolute Gasteiger partial charge is 0.354 e. The number of H-pyrrole nitrogens is 1. The van der Waals surface area contributed by atoms with Gasteiger partial charge in [-0.25, -0.2) is 9.98 Å². The van der Waals surface area contributed by atoms with E-state index in [1.807, 2.05) is 48.5 Å². The number of aromatic amines is 1. The van der Waals surface area contributed by atoms with E-state index in [-0.39, 0.29) is 42.5 Å². The Kier molecular flexibility index (Phi) is 9.98. The molecule has 0 aliphatic rings. The molecule has 1 aromatic heterocycles. The summed E-state index contributed by atoms with van der Waals surface area (Å²) in [7, 11) is 5.41. The Morgan fingerprint density at radius 3 is 2.54 bits per heavy atom. The van der Waals surface area contributed by atoms with Crippen LogP contribution in [0.1, 0.15) is 26.1 Å². The molecule has 1 unspecified atom stereocenters. The Balaban J connectivity index is 0.00000392.